The third kappa shape index (κ3) is 4.07. The predicted octanol–water partition coefficient (Wildman–Crippen LogP) is -0.173. The van der Waals surface area contributed by atoms with E-state index in [1.807, 2.05) is 0 Å². The maximum absolute atomic E-state index is 11.3. The van der Waals surface area contributed by atoms with Crippen molar-refractivity contribution in [3.8, 4) is 0 Å². The number of rotatable bonds is 4. The van der Waals surface area contributed by atoms with Crippen molar-refractivity contribution in [2.24, 2.45) is 5.92 Å². The SMILES string of the molecule is CN1CCC(CC(=O)NCCO)CC1. The topological polar surface area (TPSA) is 52.6 Å². The molecule has 2 N–H and O–H groups in total. The average Bonchev–Trinajstić information content (AvgIpc) is 2.18. The number of hydrogen-bond acceptors (Lipinski definition) is 3. The van der Waals surface area contributed by atoms with Gasteiger partial charge in [0.05, 0.1) is 6.61 Å². The highest BCUT2D eigenvalue weighted by atomic mass is 16.3. The van der Waals surface area contributed by atoms with Crippen molar-refractivity contribution in [1.29, 1.82) is 0 Å². The number of nitrogens with zero attached hydrogens (tertiary/aromatic N) is 1. The van der Waals surface area contributed by atoms with Gasteiger partial charge in [-0.05, 0) is 38.9 Å². The zero-order valence-electron chi connectivity index (χ0n) is 8.83. The third-order valence-corrected chi connectivity index (χ3v) is 2.75. The van der Waals surface area contributed by atoms with Gasteiger partial charge in [0.2, 0.25) is 5.91 Å². The van der Waals surface area contributed by atoms with E-state index in [1.54, 1.807) is 0 Å². The highest BCUT2D eigenvalue weighted by molar-refractivity contribution is 5.76. The lowest BCUT2D eigenvalue weighted by Gasteiger charge is -2.28. The number of likely N-dealkylation sites (tertiary alicyclic amines) is 1. The molecule has 1 aliphatic rings. The zero-order valence-corrected chi connectivity index (χ0v) is 8.83. The van der Waals surface area contributed by atoms with Crippen LogP contribution in [0.4, 0.5) is 0 Å². The Kier molecular flexibility index (Phi) is 4.90. The van der Waals surface area contributed by atoms with Gasteiger partial charge in [-0.3, -0.25) is 4.79 Å². The fourth-order valence-corrected chi connectivity index (χ4v) is 1.80. The Morgan fingerprint density at radius 3 is 2.71 bits per heavy atom. The van der Waals surface area contributed by atoms with Crippen LogP contribution in [0, 0.1) is 5.92 Å². The molecule has 0 saturated carbocycles. The number of piperidine rings is 1. The summed E-state index contributed by atoms with van der Waals surface area (Å²) in [4.78, 5) is 13.6. The molecule has 1 rings (SSSR count). The van der Waals surface area contributed by atoms with Crippen molar-refractivity contribution in [3.05, 3.63) is 0 Å². The van der Waals surface area contributed by atoms with Crippen molar-refractivity contribution in [1.82, 2.24) is 10.2 Å². The van der Waals surface area contributed by atoms with Gasteiger partial charge in [-0.15, -0.1) is 0 Å². The Morgan fingerprint density at radius 1 is 1.50 bits per heavy atom. The van der Waals surface area contributed by atoms with Crippen LogP contribution in [-0.4, -0.2) is 49.2 Å². The minimum atomic E-state index is 0.0269. The molecule has 0 atom stereocenters. The van der Waals surface area contributed by atoms with E-state index >= 15 is 0 Å². The molecule has 1 amide bonds. The molecule has 0 aromatic carbocycles. The maximum atomic E-state index is 11.3. The summed E-state index contributed by atoms with van der Waals surface area (Å²) in [5.74, 6) is 0.610. The van der Waals surface area contributed by atoms with Gasteiger partial charge in [0.15, 0.2) is 0 Å². The number of aliphatic hydroxyl groups is 1. The van der Waals surface area contributed by atoms with E-state index in [9.17, 15) is 4.79 Å². The van der Waals surface area contributed by atoms with E-state index in [-0.39, 0.29) is 12.5 Å². The van der Waals surface area contributed by atoms with Gasteiger partial charge in [-0.2, -0.15) is 0 Å². The van der Waals surface area contributed by atoms with Crippen LogP contribution in [0.15, 0.2) is 0 Å². The lowest BCUT2D eigenvalue weighted by molar-refractivity contribution is -0.122. The van der Waals surface area contributed by atoms with Gasteiger partial charge >= 0.3 is 0 Å². The first-order chi connectivity index (χ1) is 6.72. The Hall–Kier alpha value is -0.610. The minimum absolute atomic E-state index is 0.0269. The number of nitrogens with one attached hydrogen (secondary N) is 1. The zero-order chi connectivity index (χ0) is 10.4. The molecule has 4 nitrogen and oxygen atoms in total. The molecule has 1 fully saturated rings. The molecule has 1 saturated heterocycles. The van der Waals surface area contributed by atoms with Crippen LogP contribution >= 0.6 is 0 Å². The van der Waals surface area contributed by atoms with Gasteiger partial charge in [0.1, 0.15) is 0 Å². The molecule has 0 aliphatic carbocycles. The Balaban J connectivity index is 2.14. The van der Waals surface area contributed by atoms with Crippen LogP contribution in [0.2, 0.25) is 0 Å². The average molecular weight is 200 g/mol. The molecular formula is C10H20N2O2. The number of carbonyl (C=O) groups excluding carboxylic acids is 1. The van der Waals surface area contributed by atoms with Gasteiger partial charge in [-0.1, -0.05) is 0 Å². The number of hydrogen-bond donors (Lipinski definition) is 2. The number of amides is 1. The Bertz CT molecular complexity index is 177. The largest absolute Gasteiger partial charge is 0.395 e. The minimum Gasteiger partial charge on any atom is -0.395 e. The molecule has 1 aliphatic heterocycles. The molecule has 0 radical (unpaired) electrons. The number of carbonyl (C=O) groups is 1. The molecule has 14 heavy (non-hydrogen) atoms. The Labute approximate surface area is 85.3 Å². The summed E-state index contributed by atoms with van der Waals surface area (Å²) in [6.45, 7) is 2.60. The van der Waals surface area contributed by atoms with E-state index in [0.29, 0.717) is 18.9 Å². The lowest BCUT2D eigenvalue weighted by Crippen LogP contribution is -2.34. The van der Waals surface area contributed by atoms with Gasteiger partial charge in [-0.25, -0.2) is 0 Å². The summed E-state index contributed by atoms with van der Waals surface area (Å²) in [5.41, 5.74) is 0. The van der Waals surface area contributed by atoms with Gasteiger partial charge in [0, 0.05) is 13.0 Å². The van der Waals surface area contributed by atoms with Crippen LogP contribution in [0.25, 0.3) is 0 Å². The second kappa shape index (κ2) is 5.98. The quantitative estimate of drug-likeness (QED) is 0.662. The van der Waals surface area contributed by atoms with Crippen molar-refractivity contribution in [2.45, 2.75) is 19.3 Å². The number of aliphatic hydroxyl groups excluding tert-OH is 1. The van der Waals surface area contributed by atoms with Crippen molar-refractivity contribution >= 4 is 5.91 Å². The monoisotopic (exact) mass is 200 g/mol. The highest BCUT2D eigenvalue weighted by Crippen LogP contribution is 2.18. The molecular weight excluding hydrogens is 180 g/mol. The van der Waals surface area contributed by atoms with Crippen molar-refractivity contribution < 1.29 is 9.90 Å². The normalized spacial score (nSPS) is 19.6. The molecule has 0 spiro atoms. The van der Waals surface area contributed by atoms with Crippen molar-refractivity contribution in [3.63, 3.8) is 0 Å². The van der Waals surface area contributed by atoms with Crippen molar-refractivity contribution in [2.75, 3.05) is 33.3 Å². The van der Waals surface area contributed by atoms with E-state index in [0.717, 1.165) is 25.9 Å². The third-order valence-electron chi connectivity index (χ3n) is 2.75. The van der Waals surface area contributed by atoms with E-state index in [2.05, 4.69) is 17.3 Å². The second-order valence-corrected chi connectivity index (χ2v) is 4.02. The Morgan fingerprint density at radius 2 is 2.14 bits per heavy atom. The molecule has 82 valence electrons. The summed E-state index contributed by atoms with van der Waals surface area (Å²) in [6.07, 6.45) is 2.85. The first kappa shape index (κ1) is 11.5. The molecule has 0 bridgehead atoms. The summed E-state index contributed by atoms with van der Waals surface area (Å²) in [5, 5.41) is 11.2. The van der Waals surface area contributed by atoms with E-state index in [4.69, 9.17) is 5.11 Å². The van der Waals surface area contributed by atoms with Gasteiger partial charge < -0.3 is 15.3 Å². The molecule has 0 aromatic heterocycles. The standard InChI is InChI=1S/C10H20N2O2/c1-12-5-2-9(3-6-12)8-10(14)11-4-7-13/h9,13H,2-8H2,1H3,(H,11,14). The van der Waals surface area contributed by atoms with Crippen LogP contribution in [-0.2, 0) is 4.79 Å². The van der Waals surface area contributed by atoms with Crippen LogP contribution in [0.5, 0.6) is 0 Å². The summed E-state index contributed by atoms with van der Waals surface area (Å²) in [7, 11) is 2.11. The van der Waals surface area contributed by atoms with Gasteiger partial charge in [0.25, 0.3) is 0 Å². The summed E-state index contributed by atoms with van der Waals surface area (Å²) >= 11 is 0. The summed E-state index contributed by atoms with van der Waals surface area (Å²) in [6, 6.07) is 0. The molecule has 0 aromatic rings. The summed E-state index contributed by atoms with van der Waals surface area (Å²) < 4.78 is 0. The van der Waals surface area contributed by atoms with E-state index < -0.39 is 0 Å². The van der Waals surface area contributed by atoms with Crippen LogP contribution in [0.1, 0.15) is 19.3 Å². The smallest absolute Gasteiger partial charge is 0.220 e. The van der Waals surface area contributed by atoms with E-state index in [1.165, 1.54) is 0 Å². The molecule has 4 heteroatoms. The predicted molar refractivity (Wildman–Crippen MR) is 54.9 cm³/mol. The second-order valence-electron chi connectivity index (χ2n) is 4.02. The fraction of sp³-hybridized carbons (Fsp3) is 0.900. The first-order valence-corrected chi connectivity index (χ1v) is 5.28. The molecule has 1 heterocycles. The first-order valence-electron chi connectivity index (χ1n) is 5.28. The maximum Gasteiger partial charge on any atom is 0.220 e. The highest BCUT2D eigenvalue weighted by Gasteiger charge is 2.18. The van der Waals surface area contributed by atoms with Crippen LogP contribution in [0.3, 0.4) is 0 Å². The van der Waals surface area contributed by atoms with Crippen LogP contribution < -0.4 is 5.32 Å². The lowest BCUT2D eigenvalue weighted by atomic mass is 9.93. The molecule has 0 unspecified atom stereocenters. The fourth-order valence-electron chi connectivity index (χ4n) is 1.80.